The maximum Gasteiger partial charge on any atom is 0.314 e. The number of ether oxygens (including phenoxy) is 1. The van der Waals surface area contributed by atoms with Gasteiger partial charge in [-0.1, -0.05) is 6.07 Å². The van der Waals surface area contributed by atoms with Crippen molar-refractivity contribution < 1.29 is 9.53 Å². The molecule has 6 heteroatoms. The van der Waals surface area contributed by atoms with Crippen LogP contribution in [0.15, 0.2) is 17.5 Å². The molecule has 2 N–H and O–H groups in total. The third-order valence-corrected chi connectivity index (χ3v) is 6.41. The molecule has 2 unspecified atom stereocenters. The van der Waals surface area contributed by atoms with Crippen LogP contribution in [0, 0.1) is 11.8 Å². The van der Waals surface area contributed by atoms with E-state index in [1.54, 1.807) is 0 Å². The molecule has 0 spiro atoms. The molecule has 2 fully saturated rings. The van der Waals surface area contributed by atoms with E-state index < -0.39 is 0 Å². The fourth-order valence-corrected chi connectivity index (χ4v) is 4.62. The van der Waals surface area contributed by atoms with E-state index in [1.165, 1.54) is 17.7 Å². The van der Waals surface area contributed by atoms with Crippen molar-refractivity contribution in [1.29, 1.82) is 0 Å². The highest BCUT2D eigenvalue weighted by Crippen LogP contribution is 2.30. The van der Waals surface area contributed by atoms with E-state index in [0.717, 1.165) is 39.2 Å². The first-order valence-electron chi connectivity index (χ1n) is 9.43. The van der Waals surface area contributed by atoms with Crippen LogP contribution in [0.5, 0.6) is 0 Å². The second-order valence-electron chi connectivity index (χ2n) is 7.85. The van der Waals surface area contributed by atoms with E-state index in [0.29, 0.717) is 18.4 Å². The number of amides is 2. The largest absolute Gasteiger partial charge is 0.375 e. The maximum absolute atomic E-state index is 12.1. The molecular formula is C19H31N3O2S. The topological polar surface area (TPSA) is 53.6 Å². The molecule has 0 radical (unpaired) electrons. The lowest BCUT2D eigenvalue weighted by Gasteiger charge is -2.32. The summed E-state index contributed by atoms with van der Waals surface area (Å²) in [5, 5.41) is 8.23. The molecule has 0 bridgehead atoms. The van der Waals surface area contributed by atoms with Crippen LogP contribution in [0.25, 0.3) is 0 Å². The molecule has 2 aliphatic heterocycles. The number of carbonyl (C=O) groups excluding carboxylic acids is 1. The van der Waals surface area contributed by atoms with Crippen LogP contribution >= 0.6 is 11.3 Å². The number of nitrogens with one attached hydrogen (secondary N) is 2. The van der Waals surface area contributed by atoms with Gasteiger partial charge in [0.05, 0.1) is 5.60 Å². The molecule has 5 nitrogen and oxygen atoms in total. The Bertz CT molecular complexity index is 547. The van der Waals surface area contributed by atoms with E-state index in [4.69, 9.17) is 4.74 Å². The van der Waals surface area contributed by atoms with E-state index in [9.17, 15) is 4.79 Å². The van der Waals surface area contributed by atoms with Crippen molar-refractivity contribution in [1.82, 2.24) is 15.5 Å². The van der Waals surface area contributed by atoms with Crippen LogP contribution in [-0.4, -0.2) is 49.3 Å². The maximum atomic E-state index is 12.1. The minimum Gasteiger partial charge on any atom is -0.375 e. The van der Waals surface area contributed by atoms with Gasteiger partial charge in [-0.3, -0.25) is 4.90 Å². The number of hydrogen-bond acceptors (Lipinski definition) is 4. The van der Waals surface area contributed by atoms with Crippen molar-refractivity contribution in [2.24, 2.45) is 11.8 Å². The third-order valence-electron chi connectivity index (χ3n) is 5.55. The summed E-state index contributed by atoms with van der Waals surface area (Å²) in [7, 11) is 0. The van der Waals surface area contributed by atoms with Gasteiger partial charge in [-0.05, 0) is 57.0 Å². The number of nitrogens with zero attached hydrogens (tertiary/aromatic N) is 1. The van der Waals surface area contributed by atoms with E-state index >= 15 is 0 Å². The van der Waals surface area contributed by atoms with Gasteiger partial charge in [-0.25, -0.2) is 4.79 Å². The lowest BCUT2D eigenvalue weighted by atomic mass is 9.91. The lowest BCUT2D eigenvalue weighted by molar-refractivity contribution is 0.0120. The van der Waals surface area contributed by atoms with Crippen molar-refractivity contribution in [2.45, 2.75) is 45.3 Å². The van der Waals surface area contributed by atoms with Crippen molar-refractivity contribution in [3.8, 4) is 0 Å². The summed E-state index contributed by atoms with van der Waals surface area (Å²) in [5.41, 5.74) is -0.126. The number of hydrogen-bond donors (Lipinski definition) is 2. The fraction of sp³-hybridized carbons (Fsp3) is 0.737. The van der Waals surface area contributed by atoms with Crippen LogP contribution in [0.3, 0.4) is 0 Å². The molecule has 3 heterocycles. The molecule has 0 aromatic carbocycles. The molecule has 0 saturated carbocycles. The van der Waals surface area contributed by atoms with Gasteiger partial charge in [0.15, 0.2) is 0 Å². The number of urea groups is 1. The summed E-state index contributed by atoms with van der Waals surface area (Å²) < 4.78 is 5.72. The molecule has 1 aromatic heterocycles. The molecule has 25 heavy (non-hydrogen) atoms. The van der Waals surface area contributed by atoms with Gasteiger partial charge < -0.3 is 15.4 Å². The average Bonchev–Trinajstić information content (AvgIpc) is 3.20. The molecule has 2 aliphatic rings. The Labute approximate surface area is 155 Å². The predicted octanol–water partition coefficient (Wildman–Crippen LogP) is 3.07. The summed E-state index contributed by atoms with van der Waals surface area (Å²) in [5.74, 6) is 0.944. The predicted molar refractivity (Wildman–Crippen MR) is 102 cm³/mol. The van der Waals surface area contributed by atoms with Crippen molar-refractivity contribution in [3.05, 3.63) is 22.4 Å². The summed E-state index contributed by atoms with van der Waals surface area (Å²) in [4.78, 5) is 16.1. The minimum absolute atomic E-state index is 0.0434. The monoisotopic (exact) mass is 365 g/mol. The fourth-order valence-electron chi connectivity index (χ4n) is 3.88. The van der Waals surface area contributed by atoms with Crippen LogP contribution in [0.4, 0.5) is 4.79 Å². The standard InChI is InChI=1S/C19H31N3O2S/c1-19(2)16(7-9-24-19)12-21-18(23)20-11-15-5-3-8-22(13-15)14-17-6-4-10-25-17/h4,6,10,15-16H,3,5,7-9,11-14H2,1-2H3,(H2,20,21,23). The Morgan fingerprint density at radius 1 is 1.36 bits per heavy atom. The average molecular weight is 366 g/mol. The number of carbonyl (C=O) groups is 1. The van der Waals surface area contributed by atoms with Crippen molar-refractivity contribution in [3.63, 3.8) is 0 Å². The van der Waals surface area contributed by atoms with Gasteiger partial charge in [-0.2, -0.15) is 0 Å². The molecule has 140 valence electrons. The number of piperidine rings is 1. The zero-order valence-corrected chi connectivity index (χ0v) is 16.2. The summed E-state index contributed by atoms with van der Waals surface area (Å²) in [6, 6.07) is 4.27. The summed E-state index contributed by atoms with van der Waals surface area (Å²) in [6.45, 7) is 9.73. The molecule has 0 aliphatic carbocycles. The van der Waals surface area contributed by atoms with E-state index in [2.05, 4.69) is 46.9 Å². The molecular weight excluding hydrogens is 334 g/mol. The van der Waals surface area contributed by atoms with E-state index in [-0.39, 0.29) is 11.6 Å². The quantitative estimate of drug-likeness (QED) is 0.815. The molecule has 2 atom stereocenters. The van der Waals surface area contributed by atoms with Crippen LogP contribution in [0.1, 0.15) is 38.0 Å². The SMILES string of the molecule is CC1(C)OCCC1CNC(=O)NCC1CCCN(Cc2cccs2)C1. The highest BCUT2D eigenvalue weighted by atomic mass is 32.1. The first-order chi connectivity index (χ1) is 12.0. The summed E-state index contributed by atoms with van der Waals surface area (Å²) >= 11 is 1.82. The van der Waals surface area contributed by atoms with Crippen LogP contribution in [0.2, 0.25) is 0 Å². The molecule has 1 aromatic rings. The molecule has 2 amide bonds. The minimum atomic E-state index is -0.126. The highest BCUT2D eigenvalue weighted by Gasteiger charge is 2.35. The normalized spacial score (nSPS) is 26.5. The number of likely N-dealkylation sites (tertiary alicyclic amines) is 1. The second-order valence-corrected chi connectivity index (χ2v) is 8.88. The van der Waals surface area contributed by atoms with E-state index in [1.807, 2.05) is 11.3 Å². The van der Waals surface area contributed by atoms with Gasteiger partial charge in [0.1, 0.15) is 0 Å². The second kappa shape index (κ2) is 8.52. The third kappa shape index (κ3) is 5.43. The van der Waals surface area contributed by atoms with Gasteiger partial charge in [0.25, 0.3) is 0 Å². The summed E-state index contributed by atoms with van der Waals surface area (Å²) in [6.07, 6.45) is 3.44. The van der Waals surface area contributed by atoms with Crippen molar-refractivity contribution in [2.75, 3.05) is 32.8 Å². The Balaban J connectivity index is 1.35. The van der Waals surface area contributed by atoms with Crippen molar-refractivity contribution >= 4 is 17.4 Å². The molecule has 2 saturated heterocycles. The number of thiophene rings is 1. The Hall–Kier alpha value is -1.11. The van der Waals surface area contributed by atoms with Gasteiger partial charge in [0, 0.05) is 43.6 Å². The van der Waals surface area contributed by atoms with Gasteiger partial charge in [-0.15, -0.1) is 11.3 Å². The van der Waals surface area contributed by atoms with Crippen LogP contribution in [-0.2, 0) is 11.3 Å². The lowest BCUT2D eigenvalue weighted by Crippen LogP contribution is -2.45. The Morgan fingerprint density at radius 3 is 2.92 bits per heavy atom. The van der Waals surface area contributed by atoms with Gasteiger partial charge >= 0.3 is 6.03 Å². The first kappa shape index (κ1) is 18.7. The zero-order chi connectivity index (χ0) is 17.7. The first-order valence-corrected chi connectivity index (χ1v) is 10.3. The number of rotatable bonds is 6. The van der Waals surface area contributed by atoms with Crippen LogP contribution < -0.4 is 10.6 Å². The van der Waals surface area contributed by atoms with Gasteiger partial charge in [0.2, 0.25) is 0 Å². The highest BCUT2D eigenvalue weighted by molar-refractivity contribution is 7.09. The smallest absolute Gasteiger partial charge is 0.314 e. The Morgan fingerprint density at radius 2 is 2.20 bits per heavy atom. The zero-order valence-electron chi connectivity index (χ0n) is 15.4. The molecule has 3 rings (SSSR count). The Kier molecular flexibility index (Phi) is 6.36.